The third-order valence-corrected chi connectivity index (χ3v) is 5.70. The zero-order valence-electron chi connectivity index (χ0n) is 13.4. The van der Waals surface area contributed by atoms with Crippen LogP contribution in [0.15, 0.2) is 12.4 Å². The normalized spacial score (nSPS) is 21.8. The van der Waals surface area contributed by atoms with Gasteiger partial charge in [-0.25, -0.2) is 4.98 Å². The Balaban J connectivity index is 1.80. The van der Waals surface area contributed by atoms with Crippen LogP contribution in [-0.2, 0) is 9.53 Å². The van der Waals surface area contributed by atoms with Crippen molar-refractivity contribution in [2.24, 2.45) is 5.92 Å². The highest BCUT2D eigenvalue weighted by Gasteiger charge is 2.32. The van der Waals surface area contributed by atoms with Gasteiger partial charge in [-0.05, 0) is 19.8 Å². The number of hydrogen-bond acceptors (Lipinski definition) is 5. The van der Waals surface area contributed by atoms with Crippen molar-refractivity contribution in [1.29, 1.82) is 0 Å². The first-order valence-corrected chi connectivity index (χ1v) is 8.74. The lowest BCUT2D eigenvalue weighted by molar-refractivity contribution is -0.146. The zero-order valence-corrected chi connectivity index (χ0v) is 14.2. The van der Waals surface area contributed by atoms with Crippen LogP contribution in [0, 0.1) is 12.8 Å². The molecule has 1 aliphatic carbocycles. The highest BCUT2D eigenvalue weighted by molar-refractivity contribution is 7.19. The fourth-order valence-corrected chi connectivity index (χ4v) is 4.24. The van der Waals surface area contributed by atoms with Gasteiger partial charge < -0.3 is 10.1 Å². The van der Waals surface area contributed by atoms with Crippen molar-refractivity contribution < 1.29 is 14.3 Å². The van der Waals surface area contributed by atoms with Crippen LogP contribution < -0.4 is 5.32 Å². The molecule has 1 N–H and O–H groups in total. The van der Waals surface area contributed by atoms with Gasteiger partial charge in [0, 0.05) is 24.1 Å². The summed E-state index contributed by atoms with van der Waals surface area (Å²) in [7, 11) is 1.41. The van der Waals surface area contributed by atoms with Gasteiger partial charge in [0.15, 0.2) is 4.96 Å². The van der Waals surface area contributed by atoms with Gasteiger partial charge in [0.2, 0.25) is 0 Å². The number of methoxy groups -OCH3 is 1. The Bertz CT molecular complexity index is 721. The first-order valence-electron chi connectivity index (χ1n) is 7.93. The van der Waals surface area contributed by atoms with E-state index in [0.29, 0.717) is 4.88 Å². The summed E-state index contributed by atoms with van der Waals surface area (Å²) in [5.74, 6) is -0.607. The number of nitrogens with zero attached hydrogens (tertiary/aromatic N) is 2. The Morgan fingerprint density at radius 1 is 1.35 bits per heavy atom. The monoisotopic (exact) mass is 335 g/mol. The molecule has 0 aromatic carbocycles. The smallest absolute Gasteiger partial charge is 0.310 e. The van der Waals surface area contributed by atoms with Crippen LogP contribution in [0.4, 0.5) is 0 Å². The standard InChI is InChI=1S/C16H21N3O3S/c1-10-13(23-16-17-8-9-19(10)16)14(20)18-12-7-5-3-4-6-11(12)15(21)22-2/h8-9,11-12H,3-7H2,1-2H3,(H,18,20)/t11-,12+/m1/s1. The molecule has 0 aliphatic heterocycles. The minimum Gasteiger partial charge on any atom is -0.469 e. The van der Waals surface area contributed by atoms with Crippen molar-refractivity contribution in [2.75, 3.05) is 7.11 Å². The highest BCUT2D eigenvalue weighted by Crippen LogP contribution is 2.26. The molecule has 0 spiro atoms. The van der Waals surface area contributed by atoms with Gasteiger partial charge in [0.1, 0.15) is 4.88 Å². The van der Waals surface area contributed by atoms with Gasteiger partial charge in [0.05, 0.1) is 13.0 Å². The number of amides is 1. The summed E-state index contributed by atoms with van der Waals surface area (Å²) in [6, 6.07) is -0.161. The second-order valence-corrected chi connectivity index (χ2v) is 6.92. The van der Waals surface area contributed by atoms with Crippen LogP contribution in [0.25, 0.3) is 4.96 Å². The topological polar surface area (TPSA) is 72.7 Å². The summed E-state index contributed by atoms with van der Waals surface area (Å²) < 4.78 is 6.83. The molecule has 0 unspecified atom stereocenters. The molecular weight excluding hydrogens is 314 g/mol. The summed E-state index contributed by atoms with van der Waals surface area (Å²) in [6.45, 7) is 1.91. The third-order valence-electron chi connectivity index (χ3n) is 4.53. The molecule has 6 nitrogen and oxygen atoms in total. The largest absolute Gasteiger partial charge is 0.469 e. The average Bonchev–Trinajstić information content (AvgIpc) is 3.04. The van der Waals surface area contributed by atoms with Crippen molar-refractivity contribution in [3.05, 3.63) is 23.0 Å². The number of hydrogen-bond donors (Lipinski definition) is 1. The fraction of sp³-hybridized carbons (Fsp3) is 0.562. The van der Waals surface area contributed by atoms with Crippen LogP contribution in [0.1, 0.15) is 47.5 Å². The number of thiazole rings is 1. The Morgan fingerprint density at radius 3 is 2.87 bits per heavy atom. The van der Waals surface area contributed by atoms with Crippen molar-refractivity contribution >= 4 is 28.2 Å². The number of carbonyl (C=O) groups excluding carboxylic acids is 2. The molecule has 23 heavy (non-hydrogen) atoms. The molecule has 7 heteroatoms. The maximum absolute atomic E-state index is 12.7. The summed E-state index contributed by atoms with van der Waals surface area (Å²) in [5.41, 5.74) is 0.878. The lowest BCUT2D eigenvalue weighted by atomic mass is 9.94. The van der Waals surface area contributed by atoms with Crippen LogP contribution in [0.5, 0.6) is 0 Å². The third kappa shape index (κ3) is 3.10. The molecular formula is C16H21N3O3S. The lowest BCUT2D eigenvalue weighted by Crippen LogP contribution is -2.43. The van der Waals surface area contributed by atoms with E-state index < -0.39 is 0 Å². The summed E-state index contributed by atoms with van der Waals surface area (Å²) in [6.07, 6.45) is 8.26. The van der Waals surface area contributed by atoms with E-state index in [2.05, 4.69) is 10.3 Å². The molecule has 124 valence electrons. The number of nitrogens with one attached hydrogen (secondary N) is 1. The van der Waals surface area contributed by atoms with E-state index in [0.717, 1.165) is 42.8 Å². The number of esters is 1. The van der Waals surface area contributed by atoms with E-state index in [1.807, 2.05) is 17.5 Å². The summed E-state index contributed by atoms with van der Waals surface area (Å²) in [4.78, 5) is 30.4. The Morgan fingerprint density at radius 2 is 2.13 bits per heavy atom. The summed E-state index contributed by atoms with van der Waals surface area (Å²) in [5, 5.41) is 3.06. The number of fused-ring (bicyclic) bond motifs is 1. The lowest BCUT2D eigenvalue weighted by Gasteiger charge is -2.24. The zero-order chi connectivity index (χ0) is 16.4. The molecule has 0 radical (unpaired) electrons. The van der Waals surface area contributed by atoms with E-state index in [-0.39, 0.29) is 23.8 Å². The maximum atomic E-state index is 12.7. The first kappa shape index (κ1) is 16.0. The molecule has 2 aromatic heterocycles. The van der Waals surface area contributed by atoms with Gasteiger partial charge in [-0.3, -0.25) is 14.0 Å². The van der Waals surface area contributed by atoms with Crippen LogP contribution in [0.2, 0.25) is 0 Å². The second kappa shape index (κ2) is 6.70. The van der Waals surface area contributed by atoms with Gasteiger partial charge in [-0.1, -0.05) is 30.6 Å². The molecule has 2 aromatic rings. The SMILES string of the molecule is COC(=O)[C@@H]1CCCCC[C@@H]1NC(=O)c1sc2nccn2c1C. The molecule has 1 amide bonds. The van der Waals surface area contributed by atoms with E-state index in [1.54, 1.807) is 6.20 Å². The summed E-state index contributed by atoms with van der Waals surface area (Å²) >= 11 is 1.37. The van der Waals surface area contributed by atoms with Crippen LogP contribution >= 0.6 is 11.3 Å². The molecule has 1 fully saturated rings. The predicted octanol–water partition coefficient (Wildman–Crippen LogP) is 2.56. The Labute approximate surface area is 138 Å². The van der Waals surface area contributed by atoms with Gasteiger partial charge in [0.25, 0.3) is 5.91 Å². The van der Waals surface area contributed by atoms with Gasteiger partial charge in [-0.2, -0.15) is 0 Å². The van der Waals surface area contributed by atoms with Crippen molar-refractivity contribution in [3.63, 3.8) is 0 Å². The molecule has 3 rings (SSSR count). The number of aryl methyl sites for hydroxylation is 1. The van der Waals surface area contributed by atoms with E-state index in [4.69, 9.17) is 4.74 Å². The number of imidazole rings is 1. The second-order valence-electron chi connectivity index (χ2n) is 5.94. The van der Waals surface area contributed by atoms with Crippen LogP contribution in [0.3, 0.4) is 0 Å². The molecule has 0 bridgehead atoms. The molecule has 1 aliphatic rings. The maximum Gasteiger partial charge on any atom is 0.310 e. The highest BCUT2D eigenvalue weighted by atomic mass is 32.1. The van der Waals surface area contributed by atoms with Crippen molar-refractivity contribution in [2.45, 2.75) is 45.1 Å². The minimum atomic E-state index is -0.254. The number of rotatable bonds is 3. The molecule has 2 heterocycles. The molecule has 2 atom stereocenters. The first-order chi connectivity index (χ1) is 11.1. The molecule has 1 saturated carbocycles. The number of ether oxygens (including phenoxy) is 1. The van der Waals surface area contributed by atoms with Crippen LogP contribution in [-0.4, -0.2) is 34.4 Å². The molecule has 0 saturated heterocycles. The minimum absolute atomic E-state index is 0.126. The van der Waals surface area contributed by atoms with E-state index in [1.165, 1.54) is 18.4 Å². The van der Waals surface area contributed by atoms with Crippen molar-refractivity contribution in [1.82, 2.24) is 14.7 Å². The average molecular weight is 335 g/mol. The van der Waals surface area contributed by atoms with E-state index in [9.17, 15) is 9.59 Å². The van der Waals surface area contributed by atoms with Crippen molar-refractivity contribution in [3.8, 4) is 0 Å². The van der Waals surface area contributed by atoms with Gasteiger partial charge >= 0.3 is 5.97 Å². The predicted molar refractivity (Wildman–Crippen MR) is 87.7 cm³/mol. The van der Waals surface area contributed by atoms with Gasteiger partial charge in [-0.15, -0.1) is 0 Å². The van der Waals surface area contributed by atoms with E-state index >= 15 is 0 Å². The Hall–Kier alpha value is -1.89. The number of aromatic nitrogens is 2. The quantitative estimate of drug-likeness (QED) is 0.691. The fourth-order valence-electron chi connectivity index (χ4n) is 3.25. The number of carbonyl (C=O) groups is 2. The Kier molecular flexibility index (Phi) is 4.66.